The maximum Gasteiger partial charge on any atom is 0.225 e. The van der Waals surface area contributed by atoms with Crippen LogP contribution in [0.5, 0.6) is 0 Å². The summed E-state index contributed by atoms with van der Waals surface area (Å²) in [6, 6.07) is 9.90. The third-order valence-electron chi connectivity index (χ3n) is 3.95. The number of quaternary nitrogens is 1. The molecule has 0 unspecified atom stereocenters. The molecule has 22 heavy (non-hydrogen) atoms. The molecule has 2 N–H and O–H groups in total. The summed E-state index contributed by atoms with van der Waals surface area (Å²) < 4.78 is 0. The molecule has 0 bridgehead atoms. The first-order valence-electron chi connectivity index (χ1n) is 7.94. The van der Waals surface area contributed by atoms with Crippen LogP contribution in [0.1, 0.15) is 18.4 Å². The Labute approximate surface area is 132 Å². The Balaban J connectivity index is 1.77. The fraction of sp³-hybridized carbons (Fsp3) is 0.529. The monoisotopic (exact) mass is 304 g/mol. The number of nitrogens with zero attached hydrogens (tertiary/aromatic N) is 1. The van der Waals surface area contributed by atoms with Crippen LogP contribution in [-0.4, -0.2) is 50.4 Å². The average Bonchev–Trinajstić information content (AvgIpc) is 2.85. The van der Waals surface area contributed by atoms with E-state index < -0.39 is 0 Å². The number of carbonyl (C=O) groups is 2. The Bertz CT molecular complexity index is 502. The number of hydrogen-bond acceptors (Lipinski definition) is 2. The summed E-state index contributed by atoms with van der Waals surface area (Å²) in [5, 5.41) is 2.95. The van der Waals surface area contributed by atoms with Crippen molar-refractivity contribution in [1.29, 1.82) is 0 Å². The molecule has 1 aromatic carbocycles. The van der Waals surface area contributed by atoms with E-state index in [-0.39, 0.29) is 17.7 Å². The quantitative estimate of drug-likeness (QED) is 0.679. The third kappa shape index (κ3) is 4.84. The SMILES string of the molecule is C[NH+](C)CCCNC(=O)[C@H]1CC(=O)N(Cc2ccccc2)C1. The van der Waals surface area contributed by atoms with Crippen LogP contribution in [-0.2, 0) is 16.1 Å². The van der Waals surface area contributed by atoms with Crippen LogP contribution in [0.15, 0.2) is 30.3 Å². The van der Waals surface area contributed by atoms with Gasteiger partial charge in [0.25, 0.3) is 0 Å². The van der Waals surface area contributed by atoms with Crippen molar-refractivity contribution in [2.75, 3.05) is 33.7 Å². The number of benzene rings is 1. The molecule has 120 valence electrons. The molecule has 0 radical (unpaired) electrons. The Hall–Kier alpha value is -1.88. The maximum atomic E-state index is 12.1. The zero-order valence-electron chi connectivity index (χ0n) is 13.5. The molecule has 2 amide bonds. The standard InChI is InChI=1S/C17H25N3O2/c1-19(2)10-6-9-18-17(22)15-11-16(21)20(13-15)12-14-7-4-3-5-8-14/h3-5,7-8,15H,6,9-13H2,1-2H3,(H,18,22)/p+1/t15-/m0/s1. The minimum Gasteiger partial charge on any atom is -0.356 e. The Morgan fingerprint density at radius 2 is 2.05 bits per heavy atom. The van der Waals surface area contributed by atoms with Crippen molar-refractivity contribution in [1.82, 2.24) is 10.2 Å². The third-order valence-corrected chi connectivity index (χ3v) is 3.95. The van der Waals surface area contributed by atoms with Crippen molar-refractivity contribution in [2.45, 2.75) is 19.4 Å². The molecule has 1 aliphatic rings. The van der Waals surface area contributed by atoms with Crippen molar-refractivity contribution in [3.63, 3.8) is 0 Å². The first-order valence-corrected chi connectivity index (χ1v) is 7.94. The molecule has 1 aromatic rings. The molecule has 1 aliphatic heterocycles. The summed E-state index contributed by atoms with van der Waals surface area (Å²) in [4.78, 5) is 27.3. The van der Waals surface area contributed by atoms with Gasteiger partial charge in [0.15, 0.2) is 0 Å². The zero-order chi connectivity index (χ0) is 15.9. The van der Waals surface area contributed by atoms with Gasteiger partial charge in [0.1, 0.15) is 0 Å². The normalized spacial score (nSPS) is 18.0. The second-order valence-electron chi connectivity index (χ2n) is 6.26. The van der Waals surface area contributed by atoms with Crippen molar-refractivity contribution < 1.29 is 14.5 Å². The predicted octanol–water partition coefficient (Wildman–Crippen LogP) is -0.314. The lowest BCUT2D eigenvalue weighted by atomic mass is 10.1. The van der Waals surface area contributed by atoms with E-state index in [1.54, 1.807) is 4.90 Å². The van der Waals surface area contributed by atoms with Gasteiger partial charge in [-0.1, -0.05) is 30.3 Å². The van der Waals surface area contributed by atoms with E-state index in [2.05, 4.69) is 19.4 Å². The number of carbonyl (C=O) groups excluding carboxylic acids is 2. The van der Waals surface area contributed by atoms with Gasteiger partial charge >= 0.3 is 0 Å². The smallest absolute Gasteiger partial charge is 0.225 e. The topological polar surface area (TPSA) is 53.9 Å². The molecule has 1 heterocycles. The number of nitrogens with one attached hydrogen (secondary N) is 2. The van der Waals surface area contributed by atoms with E-state index in [1.807, 2.05) is 30.3 Å². The zero-order valence-corrected chi connectivity index (χ0v) is 13.5. The van der Waals surface area contributed by atoms with Crippen molar-refractivity contribution in [3.8, 4) is 0 Å². The molecule has 0 aliphatic carbocycles. The van der Waals surface area contributed by atoms with Gasteiger partial charge in [-0.3, -0.25) is 9.59 Å². The molecule has 1 atom stereocenters. The summed E-state index contributed by atoms with van der Waals surface area (Å²) in [6.07, 6.45) is 1.29. The maximum absolute atomic E-state index is 12.1. The Morgan fingerprint density at radius 3 is 2.73 bits per heavy atom. The largest absolute Gasteiger partial charge is 0.356 e. The second-order valence-corrected chi connectivity index (χ2v) is 6.26. The molecule has 1 saturated heterocycles. The van der Waals surface area contributed by atoms with Crippen molar-refractivity contribution >= 4 is 11.8 Å². The van der Waals surface area contributed by atoms with Crippen LogP contribution >= 0.6 is 0 Å². The highest BCUT2D eigenvalue weighted by atomic mass is 16.2. The summed E-state index contributed by atoms with van der Waals surface area (Å²) in [5.74, 6) is -0.123. The fourth-order valence-corrected chi connectivity index (χ4v) is 2.70. The van der Waals surface area contributed by atoms with Gasteiger partial charge in [0, 0.05) is 32.5 Å². The van der Waals surface area contributed by atoms with Gasteiger partial charge in [0.2, 0.25) is 11.8 Å². The minimum atomic E-state index is -0.206. The van der Waals surface area contributed by atoms with E-state index in [0.717, 1.165) is 18.5 Å². The summed E-state index contributed by atoms with van der Waals surface area (Å²) in [6.45, 7) is 2.84. The lowest BCUT2D eigenvalue weighted by Crippen LogP contribution is -3.05. The molecule has 0 saturated carbocycles. The summed E-state index contributed by atoms with van der Waals surface area (Å²) in [7, 11) is 4.19. The van der Waals surface area contributed by atoms with Gasteiger partial charge in [0.05, 0.1) is 26.6 Å². The lowest BCUT2D eigenvalue weighted by molar-refractivity contribution is -0.858. The van der Waals surface area contributed by atoms with Gasteiger partial charge in [-0.2, -0.15) is 0 Å². The lowest BCUT2D eigenvalue weighted by Gasteiger charge is -2.16. The van der Waals surface area contributed by atoms with Gasteiger partial charge < -0.3 is 15.1 Å². The first-order chi connectivity index (χ1) is 10.6. The molecule has 5 heteroatoms. The Morgan fingerprint density at radius 1 is 1.32 bits per heavy atom. The van der Waals surface area contributed by atoms with Crippen molar-refractivity contribution in [3.05, 3.63) is 35.9 Å². The average molecular weight is 304 g/mol. The number of likely N-dealkylation sites (tertiary alicyclic amines) is 1. The summed E-state index contributed by atoms with van der Waals surface area (Å²) >= 11 is 0. The van der Waals surface area contributed by atoms with Gasteiger partial charge in [-0.15, -0.1) is 0 Å². The van der Waals surface area contributed by atoms with Crippen LogP contribution in [0.25, 0.3) is 0 Å². The van der Waals surface area contributed by atoms with Crippen LogP contribution in [0.3, 0.4) is 0 Å². The van der Waals surface area contributed by atoms with E-state index in [0.29, 0.717) is 26.1 Å². The molecular weight excluding hydrogens is 278 g/mol. The van der Waals surface area contributed by atoms with E-state index in [1.165, 1.54) is 4.90 Å². The highest BCUT2D eigenvalue weighted by Crippen LogP contribution is 2.20. The molecule has 0 spiro atoms. The van der Waals surface area contributed by atoms with Gasteiger partial charge in [-0.05, 0) is 5.56 Å². The number of hydrogen-bond donors (Lipinski definition) is 2. The molecule has 2 rings (SSSR count). The van der Waals surface area contributed by atoms with Crippen LogP contribution in [0, 0.1) is 5.92 Å². The molecule has 5 nitrogen and oxygen atoms in total. The minimum absolute atomic E-state index is 0.0117. The Kier molecular flexibility index (Phi) is 5.95. The van der Waals surface area contributed by atoms with Crippen LogP contribution in [0.2, 0.25) is 0 Å². The number of rotatable bonds is 7. The second kappa shape index (κ2) is 7.94. The fourth-order valence-electron chi connectivity index (χ4n) is 2.70. The molecule has 1 fully saturated rings. The van der Waals surface area contributed by atoms with E-state index in [4.69, 9.17) is 0 Å². The van der Waals surface area contributed by atoms with Crippen LogP contribution in [0.4, 0.5) is 0 Å². The first kappa shape index (κ1) is 16.5. The number of amides is 2. The highest BCUT2D eigenvalue weighted by molar-refractivity contribution is 5.89. The molecular formula is C17H26N3O2+. The summed E-state index contributed by atoms with van der Waals surface area (Å²) in [5.41, 5.74) is 1.10. The van der Waals surface area contributed by atoms with Crippen LogP contribution < -0.4 is 10.2 Å². The van der Waals surface area contributed by atoms with Gasteiger partial charge in [-0.25, -0.2) is 0 Å². The van der Waals surface area contributed by atoms with E-state index in [9.17, 15) is 9.59 Å². The highest BCUT2D eigenvalue weighted by Gasteiger charge is 2.33. The molecule has 0 aromatic heterocycles. The predicted molar refractivity (Wildman–Crippen MR) is 85.3 cm³/mol. The van der Waals surface area contributed by atoms with Crippen molar-refractivity contribution in [2.24, 2.45) is 5.92 Å². The van der Waals surface area contributed by atoms with E-state index >= 15 is 0 Å².